The van der Waals surface area contributed by atoms with E-state index in [-0.39, 0.29) is 5.91 Å². The minimum Gasteiger partial charge on any atom is -0.337 e. The number of hydrogen-bond acceptors (Lipinski definition) is 6. The molecule has 1 saturated heterocycles. The van der Waals surface area contributed by atoms with Crippen LogP contribution in [0.4, 0.5) is 0 Å². The number of nitrogens with zero attached hydrogens (tertiary/aromatic N) is 3. The number of hydrogen-bond donors (Lipinski definition) is 1. The van der Waals surface area contributed by atoms with E-state index >= 15 is 0 Å². The molecule has 0 bridgehead atoms. The van der Waals surface area contributed by atoms with E-state index in [9.17, 15) is 4.79 Å². The normalized spacial score (nSPS) is 17.6. The molecule has 1 N–H and O–H groups in total. The fourth-order valence-corrected chi connectivity index (χ4v) is 4.79. The number of aromatic nitrogens is 2. The zero-order valence-electron chi connectivity index (χ0n) is 16.1. The average molecular weight is 385 g/mol. The fraction of sp³-hybridized carbons (Fsp3) is 0.450. The molecule has 0 radical (unpaired) electrons. The third-order valence-electron chi connectivity index (χ3n) is 5.28. The highest BCUT2D eigenvalue weighted by Crippen LogP contribution is 2.33. The smallest absolute Gasteiger partial charge is 0.259 e. The van der Waals surface area contributed by atoms with E-state index in [1.54, 1.807) is 11.3 Å². The molecule has 7 heteroatoms. The number of likely N-dealkylation sites (tertiary alicyclic amines) is 1. The lowest BCUT2D eigenvalue weighted by molar-refractivity contribution is 0.0700. The molecular weight excluding hydrogens is 360 g/mol. The highest BCUT2D eigenvalue weighted by atomic mass is 32.1. The fourth-order valence-electron chi connectivity index (χ4n) is 3.85. The molecule has 6 nitrogen and oxygen atoms in total. The van der Waals surface area contributed by atoms with Gasteiger partial charge in [0.25, 0.3) is 11.6 Å². The Hall–Kier alpha value is -2.25. The topological polar surface area (TPSA) is 71.3 Å². The number of fused-ring (bicyclic) bond motifs is 1. The lowest BCUT2D eigenvalue weighted by Crippen LogP contribution is -2.47. The summed E-state index contributed by atoms with van der Waals surface area (Å²) in [6.45, 7) is 7.51. The van der Waals surface area contributed by atoms with E-state index in [1.165, 1.54) is 9.75 Å². The second-order valence-electron chi connectivity index (χ2n) is 7.21. The summed E-state index contributed by atoms with van der Waals surface area (Å²) in [4.78, 5) is 22.4. The maximum absolute atomic E-state index is 13.4. The Kier molecular flexibility index (Phi) is 4.74. The predicted molar refractivity (Wildman–Crippen MR) is 107 cm³/mol. The van der Waals surface area contributed by atoms with Crippen LogP contribution in [-0.2, 0) is 0 Å². The van der Waals surface area contributed by atoms with Crippen molar-refractivity contribution in [3.63, 3.8) is 0 Å². The van der Waals surface area contributed by atoms with Crippen LogP contribution in [0.25, 0.3) is 22.4 Å². The number of carbonyl (C=O) groups excluding carboxylic acids is 1. The number of likely N-dealkylation sites (N-methyl/N-ethyl adjacent to an activating group) is 1. The van der Waals surface area contributed by atoms with Crippen LogP contribution in [0.3, 0.4) is 0 Å². The van der Waals surface area contributed by atoms with Gasteiger partial charge in [-0.2, -0.15) is 0 Å². The number of piperidine rings is 1. The lowest BCUT2D eigenvalue weighted by Gasteiger charge is -2.32. The third kappa shape index (κ3) is 3.26. The summed E-state index contributed by atoms with van der Waals surface area (Å²) in [5.74, 6) is 0.0273. The Morgan fingerprint density at radius 1 is 1.33 bits per heavy atom. The summed E-state index contributed by atoms with van der Waals surface area (Å²) in [6, 6.07) is 4.36. The van der Waals surface area contributed by atoms with Gasteiger partial charge >= 0.3 is 0 Å². The van der Waals surface area contributed by atoms with E-state index < -0.39 is 0 Å². The van der Waals surface area contributed by atoms with Crippen LogP contribution in [0.15, 0.2) is 16.7 Å². The summed E-state index contributed by atoms with van der Waals surface area (Å²) in [5.41, 5.74) is 3.58. The molecule has 0 spiro atoms. The molecule has 1 aliphatic heterocycles. The summed E-state index contributed by atoms with van der Waals surface area (Å²) < 4.78 is 5.44. The van der Waals surface area contributed by atoms with Gasteiger partial charge in [-0.1, -0.05) is 5.16 Å². The van der Waals surface area contributed by atoms with Crippen molar-refractivity contribution in [1.82, 2.24) is 20.4 Å². The van der Waals surface area contributed by atoms with Crippen LogP contribution in [0, 0.1) is 20.8 Å². The third-order valence-corrected chi connectivity index (χ3v) is 6.25. The van der Waals surface area contributed by atoms with Crippen molar-refractivity contribution in [3.05, 3.63) is 33.1 Å². The molecule has 0 aliphatic carbocycles. The molecule has 4 rings (SSSR count). The first-order valence-corrected chi connectivity index (χ1v) is 10.1. The molecule has 3 aromatic heterocycles. The van der Waals surface area contributed by atoms with Gasteiger partial charge in [0.15, 0.2) is 0 Å². The number of thiophene rings is 1. The van der Waals surface area contributed by atoms with Gasteiger partial charge < -0.3 is 14.7 Å². The molecule has 4 heterocycles. The van der Waals surface area contributed by atoms with Gasteiger partial charge in [0.1, 0.15) is 0 Å². The van der Waals surface area contributed by atoms with Crippen molar-refractivity contribution in [2.24, 2.45) is 0 Å². The molecule has 1 fully saturated rings. The first-order valence-electron chi connectivity index (χ1n) is 9.29. The van der Waals surface area contributed by atoms with Gasteiger partial charge in [0.05, 0.1) is 22.3 Å². The summed E-state index contributed by atoms with van der Waals surface area (Å²) in [7, 11) is 1.95. The maximum Gasteiger partial charge on any atom is 0.259 e. The molecule has 0 saturated carbocycles. The molecule has 1 atom stereocenters. The van der Waals surface area contributed by atoms with Crippen molar-refractivity contribution >= 4 is 28.3 Å². The lowest BCUT2D eigenvalue weighted by atomic mass is 10.0. The van der Waals surface area contributed by atoms with Crippen molar-refractivity contribution in [1.29, 1.82) is 0 Å². The van der Waals surface area contributed by atoms with Gasteiger partial charge in [-0.3, -0.25) is 4.79 Å². The zero-order chi connectivity index (χ0) is 19.1. The standard InChI is InChI=1S/C20H24N4O2S/c1-11-8-15(13(3)27-11)17-9-16(18-12(2)23-26-19(18)22-17)20(25)24-7-5-6-14(10-24)21-4/h8-9,14,21H,5-7,10H2,1-4H3. The Labute approximate surface area is 162 Å². The number of carbonyl (C=O) groups is 1. The van der Waals surface area contributed by atoms with E-state index in [4.69, 9.17) is 4.52 Å². The largest absolute Gasteiger partial charge is 0.337 e. The van der Waals surface area contributed by atoms with Gasteiger partial charge in [-0.05, 0) is 52.8 Å². The first kappa shape index (κ1) is 18.1. The van der Waals surface area contributed by atoms with Crippen molar-refractivity contribution in [2.45, 2.75) is 39.7 Å². The Balaban J connectivity index is 1.82. The van der Waals surface area contributed by atoms with Gasteiger partial charge in [0, 0.05) is 34.4 Å². The maximum atomic E-state index is 13.4. The number of pyridine rings is 1. The minimum absolute atomic E-state index is 0.0273. The van der Waals surface area contributed by atoms with Crippen LogP contribution < -0.4 is 5.32 Å². The molecule has 27 heavy (non-hydrogen) atoms. The predicted octanol–water partition coefficient (Wildman–Crippen LogP) is 3.70. The van der Waals surface area contributed by atoms with E-state index in [2.05, 4.69) is 35.4 Å². The monoisotopic (exact) mass is 384 g/mol. The number of nitrogens with one attached hydrogen (secondary N) is 1. The van der Waals surface area contributed by atoms with Crippen LogP contribution in [0.1, 0.15) is 38.6 Å². The number of amides is 1. The average Bonchev–Trinajstić information content (AvgIpc) is 3.22. The summed E-state index contributed by atoms with van der Waals surface area (Å²) in [6.07, 6.45) is 2.10. The Bertz CT molecular complexity index is 1010. The molecule has 142 valence electrons. The molecule has 1 aliphatic rings. The number of aryl methyl sites for hydroxylation is 3. The molecule has 0 aromatic carbocycles. The SMILES string of the molecule is CNC1CCCN(C(=O)c2cc(-c3cc(C)sc3C)nc3onc(C)c23)C1. The van der Waals surface area contributed by atoms with Crippen molar-refractivity contribution < 1.29 is 9.32 Å². The van der Waals surface area contributed by atoms with Gasteiger partial charge in [-0.25, -0.2) is 4.98 Å². The minimum atomic E-state index is 0.0273. The summed E-state index contributed by atoms with van der Waals surface area (Å²) in [5, 5.41) is 8.08. The van der Waals surface area contributed by atoms with E-state index in [1.807, 2.05) is 24.9 Å². The first-order chi connectivity index (χ1) is 13.0. The second kappa shape index (κ2) is 7.05. The van der Waals surface area contributed by atoms with Crippen LogP contribution >= 0.6 is 11.3 Å². The molecular formula is C20H24N4O2S. The van der Waals surface area contributed by atoms with Gasteiger partial charge in [0.2, 0.25) is 0 Å². The van der Waals surface area contributed by atoms with Crippen LogP contribution in [0.5, 0.6) is 0 Å². The quantitative estimate of drug-likeness (QED) is 0.745. The zero-order valence-corrected chi connectivity index (χ0v) is 16.9. The molecule has 3 aromatic rings. The van der Waals surface area contributed by atoms with E-state index in [0.717, 1.165) is 42.6 Å². The highest BCUT2D eigenvalue weighted by Gasteiger charge is 2.27. The summed E-state index contributed by atoms with van der Waals surface area (Å²) >= 11 is 1.73. The van der Waals surface area contributed by atoms with Crippen LogP contribution in [0.2, 0.25) is 0 Å². The second-order valence-corrected chi connectivity index (χ2v) is 8.67. The number of rotatable bonds is 3. The Morgan fingerprint density at radius 2 is 2.15 bits per heavy atom. The van der Waals surface area contributed by atoms with Crippen LogP contribution in [-0.4, -0.2) is 47.1 Å². The van der Waals surface area contributed by atoms with Crippen molar-refractivity contribution in [2.75, 3.05) is 20.1 Å². The highest BCUT2D eigenvalue weighted by molar-refractivity contribution is 7.12. The Morgan fingerprint density at radius 3 is 2.85 bits per heavy atom. The molecule has 1 unspecified atom stereocenters. The van der Waals surface area contributed by atoms with Crippen molar-refractivity contribution in [3.8, 4) is 11.3 Å². The van der Waals surface area contributed by atoms with E-state index in [0.29, 0.717) is 23.0 Å². The van der Waals surface area contributed by atoms with Gasteiger partial charge in [-0.15, -0.1) is 11.3 Å². The molecule has 1 amide bonds.